The van der Waals surface area contributed by atoms with Crippen LogP contribution in [0.25, 0.3) is 0 Å². The molecular weight excluding hydrogens is 295 g/mol. The van der Waals surface area contributed by atoms with Crippen LogP contribution >= 0.6 is 0 Å². The Morgan fingerprint density at radius 1 is 1.17 bits per heavy atom. The van der Waals surface area contributed by atoms with Crippen molar-refractivity contribution in [2.24, 2.45) is 4.99 Å². The molecule has 6 heteroatoms. The molecule has 0 radical (unpaired) electrons. The maximum atomic E-state index is 13.5. The average Bonchev–Trinajstić information content (AvgIpc) is 2.58. The Hall–Kier alpha value is -2.63. The molecular formula is C17H21FN4O. The van der Waals surface area contributed by atoms with Gasteiger partial charge >= 0.3 is 0 Å². The molecule has 1 aromatic heterocycles. The lowest BCUT2D eigenvalue weighted by Crippen LogP contribution is -2.36. The number of halogens is 1. The Morgan fingerprint density at radius 2 is 1.87 bits per heavy atom. The molecule has 0 spiro atoms. The van der Waals surface area contributed by atoms with Crippen LogP contribution in [-0.2, 0) is 13.1 Å². The molecule has 2 N–H and O–H groups in total. The smallest absolute Gasteiger partial charge is 0.212 e. The summed E-state index contributed by atoms with van der Waals surface area (Å²) in [5, 5.41) is 6.34. The quantitative estimate of drug-likeness (QED) is 0.657. The number of hydrogen-bond acceptors (Lipinski definition) is 3. The number of benzene rings is 1. The summed E-state index contributed by atoms with van der Waals surface area (Å²) in [6.45, 7) is 2.83. The number of hydrogen-bond donors (Lipinski definition) is 2. The second-order valence-electron chi connectivity index (χ2n) is 5.07. The predicted molar refractivity (Wildman–Crippen MR) is 89.0 cm³/mol. The van der Waals surface area contributed by atoms with E-state index in [4.69, 9.17) is 4.74 Å². The summed E-state index contributed by atoms with van der Waals surface area (Å²) in [5.74, 6) is 1.02. The van der Waals surface area contributed by atoms with E-state index in [9.17, 15) is 4.39 Å². The van der Waals surface area contributed by atoms with Gasteiger partial charge in [0.1, 0.15) is 5.82 Å². The SMILES string of the molecule is CN=C(NCc1ccc(OC)nc1)NCc1ccc(C)c(F)c1. The summed E-state index contributed by atoms with van der Waals surface area (Å²) in [4.78, 5) is 8.30. The van der Waals surface area contributed by atoms with Crippen LogP contribution in [0.4, 0.5) is 4.39 Å². The molecule has 1 heterocycles. The summed E-state index contributed by atoms with van der Waals surface area (Å²) < 4.78 is 18.5. The monoisotopic (exact) mass is 316 g/mol. The molecule has 0 unspecified atom stereocenters. The minimum atomic E-state index is -0.198. The largest absolute Gasteiger partial charge is 0.481 e. The molecule has 0 aliphatic carbocycles. The molecule has 122 valence electrons. The van der Waals surface area contributed by atoms with Crippen LogP contribution in [0.3, 0.4) is 0 Å². The van der Waals surface area contributed by atoms with Crippen LogP contribution in [0, 0.1) is 12.7 Å². The fraction of sp³-hybridized carbons (Fsp3) is 0.294. The Labute approximate surface area is 135 Å². The van der Waals surface area contributed by atoms with Gasteiger partial charge in [-0.3, -0.25) is 4.99 Å². The maximum absolute atomic E-state index is 13.5. The second-order valence-corrected chi connectivity index (χ2v) is 5.07. The summed E-state index contributed by atoms with van der Waals surface area (Å²) in [6.07, 6.45) is 1.74. The van der Waals surface area contributed by atoms with E-state index in [1.165, 1.54) is 6.07 Å². The van der Waals surface area contributed by atoms with E-state index in [0.717, 1.165) is 11.1 Å². The highest BCUT2D eigenvalue weighted by atomic mass is 19.1. The topological polar surface area (TPSA) is 58.5 Å². The molecule has 1 aromatic carbocycles. The van der Waals surface area contributed by atoms with Crippen LogP contribution in [-0.4, -0.2) is 25.1 Å². The van der Waals surface area contributed by atoms with Gasteiger partial charge in [0, 0.05) is 32.4 Å². The normalized spacial score (nSPS) is 11.2. The van der Waals surface area contributed by atoms with Crippen LogP contribution in [0.2, 0.25) is 0 Å². The number of aromatic nitrogens is 1. The number of aliphatic imine (C=N–C) groups is 1. The van der Waals surface area contributed by atoms with Gasteiger partial charge in [-0.2, -0.15) is 0 Å². The first kappa shape index (κ1) is 16.7. The highest BCUT2D eigenvalue weighted by Crippen LogP contribution is 2.09. The van der Waals surface area contributed by atoms with E-state index in [-0.39, 0.29) is 5.82 Å². The number of nitrogens with one attached hydrogen (secondary N) is 2. The van der Waals surface area contributed by atoms with Crippen molar-refractivity contribution in [3.63, 3.8) is 0 Å². The lowest BCUT2D eigenvalue weighted by Gasteiger charge is -2.12. The van der Waals surface area contributed by atoms with Crippen molar-refractivity contribution in [2.45, 2.75) is 20.0 Å². The zero-order valence-electron chi connectivity index (χ0n) is 13.6. The highest BCUT2D eigenvalue weighted by molar-refractivity contribution is 5.79. The van der Waals surface area contributed by atoms with Gasteiger partial charge in [0.15, 0.2) is 5.96 Å². The number of methoxy groups -OCH3 is 1. The number of ether oxygens (including phenoxy) is 1. The minimum absolute atomic E-state index is 0.198. The van der Waals surface area contributed by atoms with E-state index in [0.29, 0.717) is 30.5 Å². The summed E-state index contributed by atoms with van der Waals surface area (Å²) in [7, 11) is 3.28. The number of rotatable bonds is 5. The van der Waals surface area contributed by atoms with E-state index in [1.54, 1.807) is 33.3 Å². The zero-order chi connectivity index (χ0) is 16.7. The summed E-state index contributed by atoms with van der Waals surface area (Å²) in [6, 6.07) is 8.93. The van der Waals surface area contributed by atoms with Crippen molar-refractivity contribution in [1.29, 1.82) is 0 Å². The van der Waals surface area contributed by atoms with Gasteiger partial charge < -0.3 is 15.4 Å². The number of pyridine rings is 1. The molecule has 0 saturated heterocycles. The Balaban J connectivity index is 1.86. The van der Waals surface area contributed by atoms with Gasteiger partial charge in [0.25, 0.3) is 0 Å². The molecule has 0 saturated carbocycles. The fourth-order valence-corrected chi connectivity index (χ4v) is 1.97. The molecule has 2 aromatic rings. The number of guanidine groups is 1. The van der Waals surface area contributed by atoms with Crippen LogP contribution in [0.15, 0.2) is 41.5 Å². The second kappa shape index (κ2) is 8.12. The third kappa shape index (κ3) is 4.95. The van der Waals surface area contributed by atoms with E-state index in [2.05, 4.69) is 20.6 Å². The summed E-state index contributed by atoms with van der Waals surface area (Å²) in [5.41, 5.74) is 2.51. The number of aryl methyl sites for hydroxylation is 1. The van der Waals surface area contributed by atoms with Crippen LogP contribution in [0.1, 0.15) is 16.7 Å². The molecule has 0 aliphatic heterocycles. The lowest BCUT2D eigenvalue weighted by molar-refractivity contribution is 0.397. The predicted octanol–water partition coefficient (Wildman–Crippen LogP) is 2.40. The van der Waals surface area contributed by atoms with E-state index in [1.807, 2.05) is 18.2 Å². The van der Waals surface area contributed by atoms with Gasteiger partial charge in [-0.1, -0.05) is 18.2 Å². The first-order valence-corrected chi connectivity index (χ1v) is 7.31. The van der Waals surface area contributed by atoms with Gasteiger partial charge in [-0.15, -0.1) is 0 Å². The van der Waals surface area contributed by atoms with E-state index < -0.39 is 0 Å². The maximum Gasteiger partial charge on any atom is 0.212 e. The van der Waals surface area contributed by atoms with Crippen molar-refractivity contribution >= 4 is 5.96 Å². The van der Waals surface area contributed by atoms with Crippen LogP contribution < -0.4 is 15.4 Å². The highest BCUT2D eigenvalue weighted by Gasteiger charge is 2.02. The first-order valence-electron chi connectivity index (χ1n) is 7.31. The molecule has 2 rings (SSSR count). The summed E-state index contributed by atoms with van der Waals surface area (Å²) >= 11 is 0. The van der Waals surface area contributed by atoms with Crippen molar-refractivity contribution in [1.82, 2.24) is 15.6 Å². The van der Waals surface area contributed by atoms with E-state index >= 15 is 0 Å². The molecule has 0 bridgehead atoms. The standard InChI is InChI=1S/C17H21FN4O/c1-12-4-5-13(8-15(12)18)9-21-17(19-2)22-11-14-6-7-16(23-3)20-10-14/h4-8,10H,9,11H2,1-3H3,(H2,19,21,22). The average molecular weight is 316 g/mol. The van der Waals surface area contributed by atoms with Crippen molar-refractivity contribution in [3.05, 3.63) is 59.0 Å². The minimum Gasteiger partial charge on any atom is -0.481 e. The van der Waals surface area contributed by atoms with Crippen molar-refractivity contribution < 1.29 is 9.13 Å². The van der Waals surface area contributed by atoms with Crippen molar-refractivity contribution in [2.75, 3.05) is 14.2 Å². The molecule has 5 nitrogen and oxygen atoms in total. The Morgan fingerprint density at radius 3 is 2.43 bits per heavy atom. The van der Waals surface area contributed by atoms with Gasteiger partial charge in [-0.25, -0.2) is 9.37 Å². The molecule has 0 amide bonds. The van der Waals surface area contributed by atoms with Crippen LogP contribution in [0.5, 0.6) is 5.88 Å². The zero-order valence-corrected chi connectivity index (χ0v) is 13.6. The number of nitrogens with zero attached hydrogens (tertiary/aromatic N) is 2. The lowest BCUT2D eigenvalue weighted by atomic mass is 10.1. The van der Waals surface area contributed by atoms with Gasteiger partial charge in [0.2, 0.25) is 5.88 Å². The molecule has 0 atom stereocenters. The first-order chi connectivity index (χ1) is 11.1. The Kier molecular flexibility index (Phi) is 5.91. The van der Waals surface area contributed by atoms with Gasteiger partial charge in [-0.05, 0) is 29.7 Å². The third-order valence-corrected chi connectivity index (χ3v) is 3.39. The van der Waals surface area contributed by atoms with Gasteiger partial charge in [0.05, 0.1) is 7.11 Å². The van der Waals surface area contributed by atoms with Crippen molar-refractivity contribution in [3.8, 4) is 5.88 Å². The molecule has 0 fully saturated rings. The fourth-order valence-electron chi connectivity index (χ4n) is 1.97. The third-order valence-electron chi connectivity index (χ3n) is 3.39. The Bertz CT molecular complexity index is 671. The molecule has 0 aliphatic rings. The molecule has 23 heavy (non-hydrogen) atoms.